The van der Waals surface area contributed by atoms with Gasteiger partial charge in [0.05, 0.1) is 0 Å². The van der Waals surface area contributed by atoms with E-state index in [0.717, 1.165) is 18.8 Å². The van der Waals surface area contributed by atoms with Crippen molar-refractivity contribution < 1.29 is 9.59 Å². The summed E-state index contributed by atoms with van der Waals surface area (Å²) < 4.78 is 0. The van der Waals surface area contributed by atoms with Gasteiger partial charge in [0, 0.05) is 48.0 Å². The minimum atomic E-state index is 0.00892. The standard InChI is InChI=1S/C19H19ClN2O2/c1-14(23)15-4-3-7-18(13-15)21-8-10-22(11-9-21)19(24)16-5-2-6-17(20)12-16/h2-7,12-13H,8-11H2,1H3. The molecule has 2 aromatic carbocycles. The van der Waals surface area contributed by atoms with Gasteiger partial charge < -0.3 is 9.80 Å². The Morgan fingerprint density at radius 1 is 0.917 bits per heavy atom. The molecule has 124 valence electrons. The van der Waals surface area contributed by atoms with Crippen LogP contribution in [0.2, 0.25) is 5.02 Å². The molecule has 3 rings (SSSR count). The van der Waals surface area contributed by atoms with Gasteiger partial charge in [-0.25, -0.2) is 0 Å². The Bertz CT molecular complexity index is 767. The lowest BCUT2D eigenvalue weighted by Gasteiger charge is -2.36. The van der Waals surface area contributed by atoms with Gasteiger partial charge in [0.25, 0.3) is 5.91 Å². The van der Waals surface area contributed by atoms with Crippen LogP contribution < -0.4 is 4.90 Å². The van der Waals surface area contributed by atoms with Crippen LogP contribution in [0.15, 0.2) is 48.5 Å². The fourth-order valence-electron chi connectivity index (χ4n) is 2.89. The van der Waals surface area contributed by atoms with E-state index in [1.807, 2.05) is 29.2 Å². The maximum atomic E-state index is 12.5. The first kappa shape index (κ1) is 16.5. The van der Waals surface area contributed by atoms with Crippen LogP contribution in [-0.2, 0) is 0 Å². The highest BCUT2D eigenvalue weighted by molar-refractivity contribution is 6.30. The highest BCUT2D eigenvalue weighted by atomic mass is 35.5. The molecule has 5 heteroatoms. The number of benzene rings is 2. The Morgan fingerprint density at radius 3 is 2.25 bits per heavy atom. The van der Waals surface area contributed by atoms with Gasteiger partial charge >= 0.3 is 0 Å². The molecule has 0 spiro atoms. The van der Waals surface area contributed by atoms with Gasteiger partial charge in [0.1, 0.15) is 0 Å². The zero-order valence-electron chi connectivity index (χ0n) is 13.5. The summed E-state index contributed by atoms with van der Waals surface area (Å²) >= 11 is 5.96. The molecule has 0 saturated carbocycles. The Kier molecular flexibility index (Phi) is 4.86. The molecule has 0 bridgehead atoms. The molecule has 0 N–H and O–H groups in total. The van der Waals surface area contributed by atoms with Gasteiger partial charge in [-0.3, -0.25) is 9.59 Å². The van der Waals surface area contributed by atoms with Crippen molar-refractivity contribution in [1.29, 1.82) is 0 Å². The molecule has 1 amide bonds. The lowest BCUT2D eigenvalue weighted by atomic mass is 10.1. The van der Waals surface area contributed by atoms with Crippen molar-refractivity contribution in [3.63, 3.8) is 0 Å². The number of carbonyl (C=O) groups excluding carboxylic acids is 2. The van der Waals surface area contributed by atoms with Crippen molar-refractivity contribution in [2.75, 3.05) is 31.1 Å². The fraction of sp³-hybridized carbons (Fsp3) is 0.263. The highest BCUT2D eigenvalue weighted by Crippen LogP contribution is 2.20. The molecule has 1 aliphatic rings. The van der Waals surface area contributed by atoms with Gasteiger partial charge in [-0.2, -0.15) is 0 Å². The molecular weight excluding hydrogens is 324 g/mol. The Balaban J connectivity index is 1.66. The minimum Gasteiger partial charge on any atom is -0.368 e. The number of ketones is 1. The topological polar surface area (TPSA) is 40.6 Å². The van der Waals surface area contributed by atoms with Gasteiger partial charge in [-0.05, 0) is 37.3 Å². The van der Waals surface area contributed by atoms with Crippen LogP contribution >= 0.6 is 11.6 Å². The Hall–Kier alpha value is -2.33. The van der Waals surface area contributed by atoms with Gasteiger partial charge in [-0.15, -0.1) is 0 Å². The summed E-state index contributed by atoms with van der Waals surface area (Å²) in [6.07, 6.45) is 0. The summed E-state index contributed by atoms with van der Waals surface area (Å²) in [4.78, 5) is 28.1. The van der Waals surface area contributed by atoms with E-state index in [0.29, 0.717) is 29.2 Å². The van der Waals surface area contributed by atoms with Crippen molar-refractivity contribution in [2.24, 2.45) is 0 Å². The van der Waals surface area contributed by atoms with Crippen molar-refractivity contribution in [1.82, 2.24) is 4.90 Å². The predicted octanol–water partition coefficient (Wildman–Crippen LogP) is 3.51. The van der Waals surface area contributed by atoms with Gasteiger partial charge in [0.2, 0.25) is 0 Å². The van der Waals surface area contributed by atoms with Crippen LogP contribution in [0.4, 0.5) is 5.69 Å². The van der Waals surface area contributed by atoms with E-state index < -0.39 is 0 Å². The number of rotatable bonds is 3. The molecule has 24 heavy (non-hydrogen) atoms. The van der Waals surface area contributed by atoms with Crippen molar-refractivity contribution in [3.05, 3.63) is 64.7 Å². The molecular formula is C19H19ClN2O2. The van der Waals surface area contributed by atoms with Crippen molar-refractivity contribution in [2.45, 2.75) is 6.92 Å². The van der Waals surface area contributed by atoms with Crippen LogP contribution in [0, 0.1) is 0 Å². The zero-order chi connectivity index (χ0) is 17.1. The van der Waals surface area contributed by atoms with Crippen LogP contribution in [0.3, 0.4) is 0 Å². The summed E-state index contributed by atoms with van der Waals surface area (Å²) in [6, 6.07) is 14.7. The first-order valence-electron chi connectivity index (χ1n) is 7.95. The first-order valence-corrected chi connectivity index (χ1v) is 8.33. The predicted molar refractivity (Wildman–Crippen MR) is 96.0 cm³/mol. The fourth-order valence-corrected chi connectivity index (χ4v) is 3.08. The number of halogens is 1. The smallest absolute Gasteiger partial charge is 0.254 e. The number of piperazine rings is 1. The lowest BCUT2D eigenvalue weighted by Crippen LogP contribution is -2.48. The second-order valence-electron chi connectivity index (χ2n) is 5.90. The number of Topliss-reactive ketones (excluding diaryl/α,β-unsaturated/α-hetero) is 1. The number of hydrogen-bond acceptors (Lipinski definition) is 3. The van der Waals surface area contributed by atoms with Crippen molar-refractivity contribution in [3.8, 4) is 0 Å². The van der Waals surface area contributed by atoms with E-state index in [4.69, 9.17) is 11.6 Å². The summed E-state index contributed by atoms with van der Waals surface area (Å²) in [5.41, 5.74) is 2.36. The van der Waals surface area contributed by atoms with E-state index in [-0.39, 0.29) is 11.7 Å². The first-order chi connectivity index (χ1) is 11.5. The summed E-state index contributed by atoms with van der Waals surface area (Å²) in [5.74, 6) is 0.0706. The van der Waals surface area contributed by atoms with E-state index >= 15 is 0 Å². The molecule has 0 aromatic heterocycles. The third kappa shape index (κ3) is 3.60. The third-order valence-electron chi connectivity index (χ3n) is 4.26. The average Bonchev–Trinajstić information content (AvgIpc) is 2.61. The highest BCUT2D eigenvalue weighted by Gasteiger charge is 2.22. The average molecular weight is 343 g/mol. The number of hydrogen-bond donors (Lipinski definition) is 0. The summed E-state index contributed by atoms with van der Waals surface area (Å²) in [6.45, 7) is 4.35. The normalized spacial score (nSPS) is 14.6. The molecule has 1 aliphatic heterocycles. The molecule has 0 unspecified atom stereocenters. The van der Waals surface area contributed by atoms with Gasteiger partial charge in [-0.1, -0.05) is 29.8 Å². The largest absolute Gasteiger partial charge is 0.368 e. The molecule has 0 atom stereocenters. The Labute approximate surface area is 146 Å². The quantitative estimate of drug-likeness (QED) is 0.801. The number of nitrogens with zero attached hydrogens (tertiary/aromatic N) is 2. The Morgan fingerprint density at radius 2 is 1.58 bits per heavy atom. The van der Waals surface area contributed by atoms with E-state index in [1.54, 1.807) is 31.2 Å². The van der Waals surface area contributed by atoms with Crippen LogP contribution in [0.25, 0.3) is 0 Å². The molecule has 1 fully saturated rings. The van der Waals surface area contributed by atoms with Crippen molar-refractivity contribution >= 4 is 29.0 Å². The lowest BCUT2D eigenvalue weighted by molar-refractivity contribution is 0.0746. The molecule has 1 saturated heterocycles. The molecule has 1 heterocycles. The second kappa shape index (κ2) is 7.05. The van der Waals surface area contributed by atoms with Gasteiger partial charge in [0.15, 0.2) is 5.78 Å². The number of carbonyl (C=O) groups is 2. The number of amides is 1. The molecule has 2 aromatic rings. The van der Waals surface area contributed by atoms with E-state index in [9.17, 15) is 9.59 Å². The zero-order valence-corrected chi connectivity index (χ0v) is 14.3. The van der Waals surface area contributed by atoms with Crippen LogP contribution in [-0.4, -0.2) is 42.8 Å². The van der Waals surface area contributed by atoms with E-state index in [2.05, 4.69) is 4.90 Å². The van der Waals surface area contributed by atoms with Crippen LogP contribution in [0.1, 0.15) is 27.6 Å². The maximum absolute atomic E-state index is 12.5. The SMILES string of the molecule is CC(=O)c1cccc(N2CCN(C(=O)c3cccc(Cl)c3)CC2)c1. The second-order valence-corrected chi connectivity index (χ2v) is 6.33. The third-order valence-corrected chi connectivity index (χ3v) is 4.49. The van der Waals surface area contributed by atoms with E-state index in [1.165, 1.54) is 0 Å². The molecule has 0 aliphatic carbocycles. The molecule has 4 nitrogen and oxygen atoms in total. The maximum Gasteiger partial charge on any atom is 0.254 e. The summed E-state index contributed by atoms with van der Waals surface area (Å²) in [7, 11) is 0. The van der Waals surface area contributed by atoms with Crippen LogP contribution in [0.5, 0.6) is 0 Å². The number of anilines is 1. The monoisotopic (exact) mass is 342 g/mol. The molecule has 0 radical (unpaired) electrons. The minimum absolute atomic E-state index is 0.00892. The summed E-state index contributed by atoms with van der Waals surface area (Å²) in [5, 5.41) is 0.570.